The fourth-order valence-electron chi connectivity index (χ4n) is 1.71. The molecule has 1 aromatic rings. The molecule has 1 unspecified atom stereocenters. The maximum Gasteiger partial charge on any atom is 0.294 e. The molecular weight excluding hydrogens is 264 g/mol. The Kier molecular flexibility index (Phi) is 6.05. The Morgan fingerprint density at radius 3 is 2.35 bits per heavy atom. The van der Waals surface area contributed by atoms with Gasteiger partial charge in [0.15, 0.2) is 0 Å². The SMILES string of the molecule is Cc1cc(OCCO[N+](=O)[O-])cc(C)c1OCC(C)N. The van der Waals surface area contributed by atoms with Gasteiger partial charge in [0.05, 0.1) is 0 Å². The Labute approximate surface area is 117 Å². The standard InChI is InChI=1S/C13H20N2O5/c1-9-6-12(18-4-5-20-15(16)17)7-10(2)13(9)19-8-11(3)14/h6-7,11H,4-5,8,14H2,1-3H3. The molecule has 7 heteroatoms. The number of hydrogen-bond donors (Lipinski definition) is 1. The first-order valence-corrected chi connectivity index (χ1v) is 6.30. The van der Waals surface area contributed by atoms with Crippen LogP contribution in [-0.4, -0.2) is 30.9 Å². The second kappa shape index (κ2) is 7.54. The minimum atomic E-state index is -0.842. The first-order chi connectivity index (χ1) is 9.40. The summed E-state index contributed by atoms with van der Waals surface area (Å²) >= 11 is 0. The Morgan fingerprint density at radius 1 is 1.25 bits per heavy atom. The van der Waals surface area contributed by atoms with Crippen molar-refractivity contribution in [1.82, 2.24) is 0 Å². The van der Waals surface area contributed by atoms with Crippen molar-refractivity contribution in [3.63, 3.8) is 0 Å². The average Bonchev–Trinajstić information content (AvgIpc) is 2.33. The zero-order valence-corrected chi connectivity index (χ0v) is 11.9. The molecule has 0 fully saturated rings. The highest BCUT2D eigenvalue weighted by Crippen LogP contribution is 2.28. The van der Waals surface area contributed by atoms with E-state index in [1.54, 1.807) is 0 Å². The van der Waals surface area contributed by atoms with E-state index in [2.05, 4.69) is 4.84 Å². The highest BCUT2D eigenvalue weighted by atomic mass is 17.0. The molecule has 0 aliphatic heterocycles. The first-order valence-electron chi connectivity index (χ1n) is 6.30. The molecule has 0 saturated carbocycles. The van der Waals surface area contributed by atoms with Crippen molar-refractivity contribution in [3.05, 3.63) is 33.4 Å². The molecule has 0 spiro atoms. The van der Waals surface area contributed by atoms with E-state index in [1.165, 1.54) is 0 Å². The van der Waals surface area contributed by atoms with Crippen LogP contribution in [0.5, 0.6) is 11.5 Å². The largest absolute Gasteiger partial charge is 0.492 e. The van der Waals surface area contributed by atoms with Gasteiger partial charge in [0.25, 0.3) is 5.09 Å². The molecule has 0 aliphatic carbocycles. The van der Waals surface area contributed by atoms with Crippen LogP contribution in [0, 0.1) is 24.0 Å². The number of ether oxygens (including phenoxy) is 2. The molecule has 20 heavy (non-hydrogen) atoms. The molecule has 0 aromatic heterocycles. The molecule has 1 atom stereocenters. The van der Waals surface area contributed by atoms with E-state index in [4.69, 9.17) is 15.2 Å². The van der Waals surface area contributed by atoms with E-state index < -0.39 is 5.09 Å². The van der Waals surface area contributed by atoms with Crippen molar-refractivity contribution in [2.45, 2.75) is 26.8 Å². The van der Waals surface area contributed by atoms with Crippen molar-refractivity contribution in [2.75, 3.05) is 19.8 Å². The van der Waals surface area contributed by atoms with Crippen molar-refractivity contribution in [2.24, 2.45) is 5.73 Å². The lowest BCUT2D eigenvalue weighted by atomic mass is 10.1. The zero-order valence-electron chi connectivity index (χ0n) is 11.9. The Balaban J connectivity index is 2.60. The molecular formula is C13H20N2O5. The second-order valence-electron chi connectivity index (χ2n) is 4.58. The van der Waals surface area contributed by atoms with Gasteiger partial charge in [-0.05, 0) is 44.0 Å². The van der Waals surface area contributed by atoms with Gasteiger partial charge < -0.3 is 20.0 Å². The predicted octanol–water partition coefficient (Wildman–Crippen LogP) is 1.62. The Morgan fingerprint density at radius 2 is 1.85 bits per heavy atom. The molecule has 2 N–H and O–H groups in total. The molecule has 0 bridgehead atoms. The molecule has 0 amide bonds. The highest BCUT2D eigenvalue weighted by Gasteiger charge is 2.08. The highest BCUT2D eigenvalue weighted by molar-refractivity contribution is 5.46. The summed E-state index contributed by atoms with van der Waals surface area (Å²) in [6.45, 7) is 6.14. The minimum Gasteiger partial charge on any atom is -0.492 e. The summed E-state index contributed by atoms with van der Waals surface area (Å²) in [5.74, 6) is 1.41. The number of rotatable bonds is 8. The van der Waals surface area contributed by atoms with Gasteiger partial charge in [0, 0.05) is 6.04 Å². The normalized spacial score (nSPS) is 11.8. The van der Waals surface area contributed by atoms with Gasteiger partial charge >= 0.3 is 0 Å². The lowest BCUT2D eigenvalue weighted by Crippen LogP contribution is -2.24. The van der Waals surface area contributed by atoms with Gasteiger partial charge in [-0.3, -0.25) is 0 Å². The van der Waals surface area contributed by atoms with Crippen LogP contribution < -0.4 is 15.2 Å². The van der Waals surface area contributed by atoms with E-state index in [0.29, 0.717) is 12.4 Å². The average molecular weight is 284 g/mol. The van der Waals surface area contributed by atoms with Crippen molar-refractivity contribution in [3.8, 4) is 11.5 Å². The van der Waals surface area contributed by atoms with E-state index >= 15 is 0 Å². The number of nitrogens with two attached hydrogens (primary N) is 1. The number of hydrogen-bond acceptors (Lipinski definition) is 6. The van der Waals surface area contributed by atoms with Gasteiger partial charge in [0.1, 0.15) is 31.3 Å². The van der Waals surface area contributed by atoms with Crippen LogP contribution in [0.1, 0.15) is 18.1 Å². The Bertz CT molecular complexity index is 439. The monoisotopic (exact) mass is 284 g/mol. The van der Waals surface area contributed by atoms with Gasteiger partial charge in [-0.25, -0.2) is 0 Å². The van der Waals surface area contributed by atoms with E-state index in [1.807, 2.05) is 32.9 Å². The summed E-state index contributed by atoms with van der Waals surface area (Å²) in [5, 5.41) is 9.15. The Hall–Kier alpha value is -2.02. The topological polar surface area (TPSA) is 96.8 Å². The van der Waals surface area contributed by atoms with Crippen LogP contribution in [0.15, 0.2) is 12.1 Å². The van der Waals surface area contributed by atoms with Crippen molar-refractivity contribution < 1.29 is 19.4 Å². The molecule has 0 saturated heterocycles. The van der Waals surface area contributed by atoms with Crippen LogP contribution in [0.3, 0.4) is 0 Å². The number of nitrogens with zero attached hydrogens (tertiary/aromatic N) is 1. The fourth-order valence-corrected chi connectivity index (χ4v) is 1.71. The molecule has 1 rings (SSSR count). The lowest BCUT2D eigenvalue weighted by molar-refractivity contribution is -0.757. The molecule has 112 valence electrons. The number of benzene rings is 1. The number of aryl methyl sites for hydroxylation is 2. The summed E-state index contributed by atoms with van der Waals surface area (Å²) in [7, 11) is 0. The predicted molar refractivity (Wildman–Crippen MR) is 73.5 cm³/mol. The quantitative estimate of drug-likeness (QED) is 0.442. The molecule has 0 heterocycles. The second-order valence-corrected chi connectivity index (χ2v) is 4.58. The third-order valence-electron chi connectivity index (χ3n) is 2.47. The van der Waals surface area contributed by atoms with E-state index in [0.717, 1.165) is 16.9 Å². The fraction of sp³-hybridized carbons (Fsp3) is 0.538. The van der Waals surface area contributed by atoms with E-state index in [-0.39, 0.29) is 19.3 Å². The van der Waals surface area contributed by atoms with Gasteiger partial charge in [-0.2, -0.15) is 0 Å². The molecule has 7 nitrogen and oxygen atoms in total. The molecule has 0 aliphatic rings. The summed E-state index contributed by atoms with van der Waals surface area (Å²) in [5.41, 5.74) is 7.51. The van der Waals surface area contributed by atoms with Crippen LogP contribution in [0.25, 0.3) is 0 Å². The van der Waals surface area contributed by atoms with E-state index in [9.17, 15) is 10.1 Å². The first kappa shape index (κ1) is 16.0. The van der Waals surface area contributed by atoms with Crippen LogP contribution in [0.2, 0.25) is 0 Å². The maximum absolute atomic E-state index is 9.99. The van der Waals surface area contributed by atoms with Gasteiger partial charge in [0.2, 0.25) is 0 Å². The molecule has 0 radical (unpaired) electrons. The maximum atomic E-state index is 9.99. The van der Waals surface area contributed by atoms with Gasteiger partial charge in [-0.15, -0.1) is 10.1 Å². The summed E-state index contributed by atoms with van der Waals surface area (Å²) in [6.07, 6.45) is 0. The van der Waals surface area contributed by atoms with Crippen LogP contribution >= 0.6 is 0 Å². The van der Waals surface area contributed by atoms with Crippen molar-refractivity contribution in [1.29, 1.82) is 0 Å². The van der Waals surface area contributed by atoms with Crippen LogP contribution in [-0.2, 0) is 4.84 Å². The van der Waals surface area contributed by atoms with Crippen molar-refractivity contribution >= 4 is 0 Å². The molecule has 1 aromatic carbocycles. The summed E-state index contributed by atoms with van der Waals surface area (Å²) in [6, 6.07) is 3.59. The third-order valence-corrected chi connectivity index (χ3v) is 2.47. The smallest absolute Gasteiger partial charge is 0.294 e. The van der Waals surface area contributed by atoms with Crippen LogP contribution in [0.4, 0.5) is 0 Å². The zero-order chi connectivity index (χ0) is 15.1. The lowest BCUT2D eigenvalue weighted by Gasteiger charge is -2.15. The minimum absolute atomic E-state index is 0.0380. The summed E-state index contributed by atoms with van der Waals surface area (Å²) in [4.78, 5) is 14.2. The van der Waals surface area contributed by atoms with Gasteiger partial charge in [-0.1, -0.05) is 0 Å². The summed E-state index contributed by atoms with van der Waals surface area (Å²) < 4.78 is 11.0. The third kappa shape index (κ3) is 5.31.